The third-order valence-electron chi connectivity index (χ3n) is 7.33. The summed E-state index contributed by atoms with van der Waals surface area (Å²) < 4.78 is 26.3. The van der Waals surface area contributed by atoms with Crippen molar-refractivity contribution in [2.45, 2.75) is 26.4 Å². The first-order chi connectivity index (χ1) is 20.2. The molecule has 3 aromatic rings. The molecule has 1 N–H and O–H groups in total. The van der Waals surface area contributed by atoms with Crippen LogP contribution in [0, 0.1) is 5.82 Å². The first-order valence-electron chi connectivity index (χ1n) is 14.0. The van der Waals surface area contributed by atoms with Gasteiger partial charge in [-0.1, -0.05) is 18.2 Å². The van der Waals surface area contributed by atoms with Crippen LogP contribution >= 0.6 is 0 Å². The van der Waals surface area contributed by atoms with E-state index in [9.17, 15) is 4.79 Å². The highest BCUT2D eigenvalue weighted by Gasteiger charge is 2.32. The summed E-state index contributed by atoms with van der Waals surface area (Å²) in [7, 11) is 1.66. The number of nitrogens with one attached hydrogen (secondary N) is 1. The molecule has 1 saturated heterocycles. The maximum Gasteiger partial charge on any atom is 0.410 e. The Hall–Kier alpha value is -4.67. The number of nitrogens with zero attached hydrogens (tertiary/aromatic N) is 6. The Morgan fingerprint density at radius 3 is 2.57 bits per heavy atom. The molecule has 0 aliphatic carbocycles. The molecule has 1 fully saturated rings. The van der Waals surface area contributed by atoms with Gasteiger partial charge in [-0.2, -0.15) is 4.98 Å². The highest BCUT2D eigenvalue weighted by Crippen LogP contribution is 2.38. The lowest BCUT2D eigenvalue weighted by Gasteiger charge is -2.36. The number of hydrogen-bond acceptors (Lipinski definition) is 9. The Morgan fingerprint density at radius 1 is 1.05 bits per heavy atom. The Balaban J connectivity index is 1.17. The highest BCUT2D eigenvalue weighted by atomic mass is 19.1. The largest absolute Gasteiger partial charge is 0.496 e. The van der Waals surface area contributed by atoms with Crippen molar-refractivity contribution in [3.05, 3.63) is 65.6 Å². The number of amides is 1. The van der Waals surface area contributed by atoms with Gasteiger partial charge in [-0.25, -0.2) is 14.2 Å². The number of aromatic nitrogens is 2. The van der Waals surface area contributed by atoms with Crippen molar-refractivity contribution >= 4 is 46.7 Å². The number of aliphatic imine (C=N–C) groups is 1. The van der Waals surface area contributed by atoms with Crippen molar-refractivity contribution in [1.82, 2.24) is 14.9 Å². The zero-order valence-electron chi connectivity index (χ0n) is 24.2. The summed E-state index contributed by atoms with van der Waals surface area (Å²) in [6.07, 6.45) is 3.44. The number of fused-ring (bicyclic) bond motifs is 3. The lowest BCUT2D eigenvalue weighted by atomic mass is 9.98. The predicted octanol–water partition coefficient (Wildman–Crippen LogP) is 5.20. The van der Waals surface area contributed by atoms with Crippen LogP contribution in [0.25, 0.3) is 11.6 Å². The van der Waals surface area contributed by atoms with Crippen LogP contribution in [0.1, 0.15) is 31.9 Å². The fraction of sp³-hybridized carbons (Fsp3) is 0.355. The number of piperazine rings is 1. The van der Waals surface area contributed by atoms with Crippen molar-refractivity contribution in [3.63, 3.8) is 0 Å². The first-order valence-corrected chi connectivity index (χ1v) is 14.0. The maximum absolute atomic E-state index is 15.3. The molecule has 11 heteroatoms. The van der Waals surface area contributed by atoms with Crippen LogP contribution in [0.15, 0.2) is 53.7 Å². The summed E-state index contributed by atoms with van der Waals surface area (Å²) in [4.78, 5) is 32.2. The van der Waals surface area contributed by atoms with Crippen LogP contribution in [-0.4, -0.2) is 78.8 Å². The number of benzene rings is 2. The number of carbonyl (C=O) groups is 1. The number of anilines is 4. The smallest absolute Gasteiger partial charge is 0.410 e. The van der Waals surface area contributed by atoms with Crippen molar-refractivity contribution < 1.29 is 18.7 Å². The molecule has 1 aromatic heterocycles. The van der Waals surface area contributed by atoms with E-state index in [4.69, 9.17) is 19.5 Å². The van der Waals surface area contributed by atoms with Gasteiger partial charge in [0.05, 0.1) is 19.3 Å². The third kappa shape index (κ3) is 5.46. The van der Waals surface area contributed by atoms with Gasteiger partial charge in [0, 0.05) is 61.3 Å². The van der Waals surface area contributed by atoms with E-state index in [1.54, 1.807) is 24.3 Å². The molecular formula is C31H34FN7O3. The fourth-order valence-electron chi connectivity index (χ4n) is 5.33. The highest BCUT2D eigenvalue weighted by molar-refractivity contribution is 6.36. The Kier molecular flexibility index (Phi) is 7.17. The van der Waals surface area contributed by atoms with Gasteiger partial charge in [0.25, 0.3) is 0 Å². The van der Waals surface area contributed by atoms with E-state index in [0.717, 1.165) is 39.8 Å². The Bertz CT molecular complexity index is 1570. The van der Waals surface area contributed by atoms with Gasteiger partial charge in [0.2, 0.25) is 5.95 Å². The lowest BCUT2D eigenvalue weighted by molar-refractivity contribution is 0.0240. The molecule has 0 spiro atoms. The second-order valence-corrected chi connectivity index (χ2v) is 11.3. The lowest BCUT2D eigenvalue weighted by Crippen LogP contribution is -2.50. The van der Waals surface area contributed by atoms with E-state index < -0.39 is 11.4 Å². The van der Waals surface area contributed by atoms with E-state index in [1.807, 2.05) is 57.2 Å². The molecule has 0 bridgehead atoms. The minimum atomic E-state index is -0.539. The maximum atomic E-state index is 15.3. The number of methoxy groups -OCH3 is 1. The van der Waals surface area contributed by atoms with Crippen LogP contribution in [0.5, 0.6) is 5.75 Å². The van der Waals surface area contributed by atoms with Crippen molar-refractivity contribution in [2.75, 3.05) is 61.5 Å². The molecule has 1 amide bonds. The number of para-hydroxylation sites is 1. The average molecular weight is 572 g/mol. The third-order valence-corrected chi connectivity index (χ3v) is 7.33. The number of ether oxygens (including phenoxy) is 2. The fourth-order valence-corrected chi connectivity index (χ4v) is 5.33. The zero-order chi connectivity index (χ0) is 29.4. The molecule has 3 aliphatic heterocycles. The van der Waals surface area contributed by atoms with Gasteiger partial charge in [-0.05, 0) is 51.1 Å². The minimum Gasteiger partial charge on any atom is -0.496 e. The summed E-state index contributed by atoms with van der Waals surface area (Å²) in [6.45, 7) is 9.08. The van der Waals surface area contributed by atoms with Crippen molar-refractivity contribution in [2.24, 2.45) is 4.99 Å². The molecule has 3 aliphatic rings. The second kappa shape index (κ2) is 11.0. The molecular weight excluding hydrogens is 537 g/mol. The number of carbonyl (C=O) groups excluding carboxylic acids is 1. The average Bonchev–Trinajstić information content (AvgIpc) is 3.48. The molecule has 2 aromatic carbocycles. The standard InChI is InChI=1S/C31H34FN7O3/c1-31(2,3)42-30(40)38-15-13-37(14-16-38)21-9-10-25(24(32)18-21)35-29-34-19-20-17-23(22-7-5-6-8-26(22)41-4)28-33-11-12-39(28)27(20)36-29/h5-10,17-19H,11-16H2,1-4H3,(H,34,35,36). The number of amidine groups is 1. The number of hydrogen-bond donors (Lipinski definition) is 1. The van der Waals surface area contributed by atoms with Crippen LogP contribution < -0.4 is 19.9 Å². The minimum absolute atomic E-state index is 0.280. The molecule has 10 nitrogen and oxygen atoms in total. The van der Waals surface area contributed by atoms with E-state index in [0.29, 0.717) is 45.2 Å². The van der Waals surface area contributed by atoms with Crippen molar-refractivity contribution in [1.29, 1.82) is 0 Å². The summed E-state index contributed by atoms with van der Waals surface area (Å²) in [5, 5.41) is 3.04. The molecule has 0 radical (unpaired) electrons. The number of halogens is 1. The van der Waals surface area contributed by atoms with Gasteiger partial charge < -0.3 is 29.5 Å². The van der Waals surface area contributed by atoms with Gasteiger partial charge >= 0.3 is 6.09 Å². The van der Waals surface area contributed by atoms with E-state index in [-0.39, 0.29) is 11.8 Å². The zero-order valence-corrected chi connectivity index (χ0v) is 24.2. The summed E-state index contributed by atoms with van der Waals surface area (Å²) in [5.41, 5.74) is 3.25. The summed E-state index contributed by atoms with van der Waals surface area (Å²) in [5.74, 6) is 2.21. The van der Waals surface area contributed by atoms with E-state index in [2.05, 4.69) is 20.1 Å². The SMILES string of the molecule is COc1ccccc1C1=Cc2cnc(Nc3ccc(N4CCN(C(=O)OC(C)(C)C)CC4)cc3F)nc2N2CCN=C12. The van der Waals surface area contributed by atoms with Crippen LogP contribution in [0.2, 0.25) is 0 Å². The summed E-state index contributed by atoms with van der Waals surface area (Å²) >= 11 is 0. The van der Waals surface area contributed by atoms with Gasteiger partial charge in [-0.15, -0.1) is 0 Å². The van der Waals surface area contributed by atoms with Crippen molar-refractivity contribution in [3.8, 4) is 5.75 Å². The molecule has 6 rings (SSSR count). The Labute approximate surface area is 244 Å². The molecule has 0 atom stereocenters. The topological polar surface area (TPSA) is 95.4 Å². The quantitative estimate of drug-likeness (QED) is 0.447. The van der Waals surface area contributed by atoms with E-state index in [1.165, 1.54) is 6.07 Å². The predicted molar refractivity (Wildman–Crippen MR) is 162 cm³/mol. The molecule has 218 valence electrons. The molecule has 42 heavy (non-hydrogen) atoms. The van der Waals surface area contributed by atoms with Crippen LogP contribution in [-0.2, 0) is 4.74 Å². The monoisotopic (exact) mass is 571 g/mol. The van der Waals surface area contributed by atoms with E-state index >= 15 is 4.39 Å². The first kappa shape index (κ1) is 27.5. The molecule has 4 heterocycles. The second-order valence-electron chi connectivity index (χ2n) is 11.3. The van der Waals surface area contributed by atoms with Gasteiger partial charge in [0.15, 0.2) is 0 Å². The molecule has 0 unspecified atom stereocenters. The Morgan fingerprint density at radius 2 is 1.83 bits per heavy atom. The molecule has 0 saturated carbocycles. The summed E-state index contributed by atoms with van der Waals surface area (Å²) in [6, 6.07) is 12.9. The van der Waals surface area contributed by atoms with Crippen LogP contribution in [0.3, 0.4) is 0 Å². The normalized spacial score (nSPS) is 16.4. The van der Waals surface area contributed by atoms with Crippen LogP contribution in [0.4, 0.5) is 32.3 Å². The van der Waals surface area contributed by atoms with Gasteiger partial charge in [-0.3, -0.25) is 4.99 Å². The van der Waals surface area contributed by atoms with Gasteiger partial charge in [0.1, 0.15) is 28.8 Å². The number of rotatable bonds is 5.